The molecule has 0 unspecified atom stereocenters. The second kappa shape index (κ2) is 15.8. The molecule has 0 saturated carbocycles. The van der Waals surface area contributed by atoms with Crippen molar-refractivity contribution in [2.75, 3.05) is 9.62 Å². The van der Waals surface area contributed by atoms with E-state index in [0.717, 1.165) is 62.0 Å². The molecular weight excluding hydrogens is 1000 g/mol. The first-order valence-electron chi connectivity index (χ1n) is 22.4. The molecule has 8 aromatic carbocycles. The van der Waals surface area contributed by atoms with Crippen LogP contribution < -0.4 is 24.4 Å². The van der Waals surface area contributed by atoms with Crippen molar-refractivity contribution in [2.45, 2.75) is 26.2 Å². The fourth-order valence-electron chi connectivity index (χ4n) is 10.1. The average Bonchev–Trinajstić information content (AvgIpc) is 4.02. The number of anilines is 4. The van der Waals surface area contributed by atoms with Crippen molar-refractivity contribution in [1.29, 1.82) is 0 Å². The van der Waals surface area contributed by atoms with E-state index in [1.165, 1.54) is 32.9 Å². The Morgan fingerprint density at radius 3 is 2.01 bits per heavy atom. The molecule has 324 valence electrons. The standard InChI is InChI=1S/C58H41BN6O.Pt/c1-58(2,3)39-33-34-60-57(35-39)65-56-37-42(31-32-55(56)64-50-26-11-7-20-44(50)43-19-4-8-23-47(43)59(64)65)66-41-18-16-17-40(36-41)61-38-62(52-28-13-12-27-51(52)61)53-29-14-15-30-54(53)63-48-24-9-5-21-45(48)46-22-6-10-25-49(46)63;/h4-35H,1-3H3;/q-2;. The SMILES string of the molecule is CC(C)(C)c1ccnc(N2B3c4ccccc4-c4ccccc4N3c3ccc(Oc4[c-]c(-n5[c-][n+](-c6ccccc6-n6c7ccccc7c7ccccc76)c6ccccc65)ccc4)[c-]c32)c1.[Pt]. The summed E-state index contributed by atoms with van der Waals surface area (Å²) in [6, 6.07) is 73.5. The van der Waals surface area contributed by atoms with Crippen LogP contribution in [0.1, 0.15) is 26.3 Å². The Hall–Kier alpha value is -7.67. The minimum absolute atomic E-state index is 0. The van der Waals surface area contributed by atoms with E-state index in [-0.39, 0.29) is 33.5 Å². The number of fused-ring (bicyclic) bond motifs is 12. The van der Waals surface area contributed by atoms with Crippen LogP contribution in [0.5, 0.6) is 11.5 Å². The summed E-state index contributed by atoms with van der Waals surface area (Å²) < 4.78 is 13.4. The van der Waals surface area contributed by atoms with Crippen molar-refractivity contribution in [2.24, 2.45) is 0 Å². The summed E-state index contributed by atoms with van der Waals surface area (Å²) >= 11 is 0. The molecule has 3 aromatic heterocycles. The molecule has 0 saturated heterocycles. The summed E-state index contributed by atoms with van der Waals surface area (Å²) in [7, 11) is 0. The van der Waals surface area contributed by atoms with Crippen LogP contribution in [0, 0.1) is 18.5 Å². The number of hydrogen-bond acceptors (Lipinski definition) is 4. The summed E-state index contributed by atoms with van der Waals surface area (Å²) in [5.74, 6) is 2.00. The predicted octanol–water partition coefficient (Wildman–Crippen LogP) is 12.6. The molecule has 0 spiro atoms. The van der Waals surface area contributed by atoms with Crippen molar-refractivity contribution >= 4 is 68.2 Å². The fraction of sp³-hybridized carbons (Fsp3) is 0.0690. The van der Waals surface area contributed by atoms with Crippen molar-refractivity contribution < 1.29 is 30.4 Å². The number of benzene rings is 8. The van der Waals surface area contributed by atoms with Gasteiger partial charge in [0.2, 0.25) is 0 Å². The molecule has 0 radical (unpaired) electrons. The summed E-state index contributed by atoms with van der Waals surface area (Å²) in [5.41, 5.74) is 15.0. The number of rotatable bonds is 6. The minimum Gasteiger partial charge on any atom is -0.510 e. The van der Waals surface area contributed by atoms with Gasteiger partial charge in [-0.1, -0.05) is 147 Å². The van der Waals surface area contributed by atoms with Gasteiger partial charge in [-0.15, -0.1) is 30.3 Å². The van der Waals surface area contributed by atoms with Crippen LogP contribution in [0.15, 0.2) is 194 Å². The molecule has 2 aliphatic rings. The monoisotopic (exact) mass is 1040 g/mol. The Labute approximate surface area is 404 Å². The summed E-state index contributed by atoms with van der Waals surface area (Å²) in [6.45, 7) is 6.54. The molecule has 5 heterocycles. The Morgan fingerprint density at radius 1 is 0.567 bits per heavy atom. The van der Waals surface area contributed by atoms with Crippen LogP contribution in [0.2, 0.25) is 0 Å². The first kappa shape index (κ1) is 40.8. The Kier molecular flexibility index (Phi) is 9.60. The van der Waals surface area contributed by atoms with E-state index in [2.05, 4.69) is 226 Å². The van der Waals surface area contributed by atoms with Gasteiger partial charge < -0.3 is 23.5 Å². The third-order valence-electron chi connectivity index (χ3n) is 13.1. The number of hydrogen-bond donors (Lipinski definition) is 0. The maximum absolute atomic E-state index is 6.76. The third-order valence-corrected chi connectivity index (χ3v) is 13.1. The van der Waals surface area contributed by atoms with Gasteiger partial charge in [-0.05, 0) is 70.2 Å². The molecule has 11 aromatic rings. The van der Waals surface area contributed by atoms with Crippen LogP contribution in [0.3, 0.4) is 0 Å². The van der Waals surface area contributed by atoms with E-state index >= 15 is 0 Å². The number of pyridine rings is 1. The Bertz CT molecular complexity index is 3690. The number of para-hydroxylation sites is 7. The van der Waals surface area contributed by atoms with Gasteiger partial charge in [0.1, 0.15) is 5.82 Å². The van der Waals surface area contributed by atoms with E-state index in [1.54, 1.807) is 0 Å². The van der Waals surface area contributed by atoms with Crippen molar-refractivity contribution in [3.8, 4) is 39.7 Å². The molecule has 2 aliphatic heterocycles. The Morgan fingerprint density at radius 2 is 1.22 bits per heavy atom. The molecule has 0 fully saturated rings. The quantitative estimate of drug-likeness (QED) is 0.0945. The van der Waals surface area contributed by atoms with Gasteiger partial charge in [0.25, 0.3) is 6.33 Å². The molecule has 67 heavy (non-hydrogen) atoms. The molecule has 0 bridgehead atoms. The zero-order valence-corrected chi connectivity index (χ0v) is 39.2. The molecular formula is C58H41BN6OPt-2. The van der Waals surface area contributed by atoms with Crippen molar-refractivity contribution in [1.82, 2.24) is 14.1 Å². The number of aromatic nitrogens is 4. The molecule has 7 nitrogen and oxygen atoms in total. The van der Waals surface area contributed by atoms with Gasteiger partial charge in [0.15, 0.2) is 0 Å². The molecule has 0 amide bonds. The van der Waals surface area contributed by atoms with Gasteiger partial charge in [-0.2, -0.15) is 12.1 Å². The van der Waals surface area contributed by atoms with E-state index in [1.807, 2.05) is 30.5 Å². The zero-order chi connectivity index (χ0) is 44.1. The van der Waals surface area contributed by atoms with Gasteiger partial charge in [-0.25, -0.2) is 4.98 Å². The van der Waals surface area contributed by atoms with Gasteiger partial charge in [0.05, 0.1) is 33.4 Å². The molecule has 0 atom stereocenters. The smallest absolute Gasteiger partial charge is 0.409 e. The minimum atomic E-state index is -0.181. The molecule has 9 heteroatoms. The molecule has 0 N–H and O–H groups in total. The van der Waals surface area contributed by atoms with E-state index < -0.39 is 0 Å². The average molecular weight is 1040 g/mol. The second-order valence-corrected chi connectivity index (χ2v) is 18.0. The van der Waals surface area contributed by atoms with Crippen LogP contribution in [-0.4, -0.2) is 21.1 Å². The Balaban J connectivity index is 0.00000468. The number of ether oxygens (including phenoxy) is 1. The topological polar surface area (TPSA) is 42.3 Å². The van der Waals surface area contributed by atoms with Crippen LogP contribution >= 0.6 is 0 Å². The van der Waals surface area contributed by atoms with Crippen LogP contribution in [-0.2, 0) is 26.5 Å². The number of nitrogens with zero attached hydrogens (tertiary/aromatic N) is 6. The summed E-state index contributed by atoms with van der Waals surface area (Å²) in [5, 5.41) is 2.44. The fourth-order valence-corrected chi connectivity index (χ4v) is 10.1. The number of imidazole rings is 1. The summed E-state index contributed by atoms with van der Waals surface area (Å²) in [6.07, 6.45) is 5.66. The third kappa shape index (κ3) is 6.46. The molecule has 0 aliphatic carbocycles. The first-order valence-corrected chi connectivity index (χ1v) is 22.4. The van der Waals surface area contributed by atoms with Gasteiger partial charge in [-0.3, -0.25) is 4.57 Å². The van der Waals surface area contributed by atoms with Crippen molar-refractivity contribution in [3.05, 3.63) is 218 Å². The summed E-state index contributed by atoms with van der Waals surface area (Å²) in [4.78, 5) is 9.78. The van der Waals surface area contributed by atoms with Gasteiger partial charge >= 0.3 is 6.98 Å². The van der Waals surface area contributed by atoms with Crippen molar-refractivity contribution in [3.63, 3.8) is 0 Å². The van der Waals surface area contributed by atoms with E-state index in [0.29, 0.717) is 11.5 Å². The van der Waals surface area contributed by atoms with Crippen LogP contribution in [0.4, 0.5) is 22.9 Å². The molecule has 13 rings (SSSR count). The van der Waals surface area contributed by atoms with Crippen LogP contribution in [0.25, 0.3) is 61.0 Å². The largest absolute Gasteiger partial charge is 0.510 e. The van der Waals surface area contributed by atoms with E-state index in [9.17, 15) is 0 Å². The zero-order valence-electron chi connectivity index (χ0n) is 37.0. The maximum Gasteiger partial charge on any atom is 0.409 e. The van der Waals surface area contributed by atoms with Gasteiger partial charge in [0, 0.05) is 60.8 Å². The normalized spacial score (nSPS) is 12.8. The second-order valence-electron chi connectivity index (χ2n) is 18.0. The first-order chi connectivity index (χ1) is 32.4. The maximum atomic E-state index is 6.76. The predicted molar refractivity (Wildman–Crippen MR) is 267 cm³/mol. The van der Waals surface area contributed by atoms with E-state index in [4.69, 9.17) is 9.72 Å².